The minimum atomic E-state index is -0.349. The molecular formula is C23H17N5O4. The number of fused-ring (bicyclic) bond motifs is 1. The molecule has 3 aromatic heterocycles. The maximum absolute atomic E-state index is 12.7. The molecule has 1 amide bonds. The summed E-state index contributed by atoms with van der Waals surface area (Å²) in [6.45, 7) is -0.159. The first kappa shape index (κ1) is 19.4. The Morgan fingerprint density at radius 1 is 1.03 bits per heavy atom. The quantitative estimate of drug-likeness (QED) is 0.442. The van der Waals surface area contributed by atoms with Gasteiger partial charge in [0.25, 0.3) is 5.56 Å². The van der Waals surface area contributed by atoms with E-state index < -0.39 is 0 Å². The van der Waals surface area contributed by atoms with E-state index in [1.807, 2.05) is 24.3 Å². The van der Waals surface area contributed by atoms with Gasteiger partial charge < -0.3 is 14.3 Å². The molecule has 3 heterocycles. The van der Waals surface area contributed by atoms with E-state index in [0.29, 0.717) is 40.5 Å². The van der Waals surface area contributed by atoms with E-state index >= 15 is 0 Å². The zero-order chi connectivity index (χ0) is 21.9. The molecule has 32 heavy (non-hydrogen) atoms. The average Bonchev–Trinajstić information content (AvgIpc) is 3.49. The van der Waals surface area contributed by atoms with E-state index in [4.69, 9.17) is 8.94 Å². The molecule has 0 aliphatic rings. The number of amides is 1. The summed E-state index contributed by atoms with van der Waals surface area (Å²) in [5.74, 6) is 0.900. The summed E-state index contributed by atoms with van der Waals surface area (Å²) in [6.07, 6.45) is 3.24. The van der Waals surface area contributed by atoms with E-state index in [1.54, 1.807) is 36.4 Å². The van der Waals surface area contributed by atoms with Crippen LogP contribution in [0.2, 0.25) is 0 Å². The topological polar surface area (TPSA) is 116 Å². The second-order valence-electron chi connectivity index (χ2n) is 7.07. The van der Waals surface area contributed by atoms with Crippen molar-refractivity contribution in [2.45, 2.75) is 13.0 Å². The first-order chi connectivity index (χ1) is 15.7. The standard InChI is InChI=1S/C23H17N5O4/c29-20(13-28-14-24-18-9-4-2-7-16(18)23(28)30)25-17-8-3-1-6-15(17)12-21-26-22(27-32-21)19-10-5-11-31-19/h1-11,14H,12-13H2,(H,25,29). The van der Waals surface area contributed by atoms with Crippen LogP contribution >= 0.6 is 0 Å². The minimum Gasteiger partial charge on any atom is -0.461 e. The predicted molar refractivity (Wildman–Crippen MR) is 116 cm³/mol. The van der Waals surface area contributed by atoms with Crippen molar-refractivity contribution >= 4 is 22.5 Å². The maximum atomic E-state index is 12.7. The Balaban J connectivity index is 1.33. The van der Waals surface area contributed by atoms with Gasteiger partial charge in [0, 0.05) is 5.69 Å². The first-order valence-corrected chi connectivity index (χ1v) is 9.86. The van der Waals surface area contributed by atoms with Crippen molar-refractivity contribution in [3.05, 3.63) is 95.1 Å². The van der Waals surface area contributed by atoms with Crippen LogP contribution in [0.1, 0.15) is 11.5 Å². The van der Waals surface area contributed by atoms with E-state index in [9.17, 15) is 9.59 Å². The number of nitrogens with zero attached hydrogens (tertiary/aromatic N) is 4. The molecule has 5 aromatic rings. The number of hydrogen-bond donors (Lipinski definition) is 1. The highest BCUT2D eigenvalue weighted by atomic mass is 16.5. The van der Waals surface area contributed by atoms with Gasteiger partial charge in [-0.05, 0) is 35.9 Å². The fraction of sp³-hybridized carbons (Fsp3) is 0.0870. The van der Waals surface area contributed by atoms with Crippen molar-refractivity contribution < 1.29 is 13.7 Å². The van der Waals surface area contributed by atoms with Crippen molar-refractivity contribution in [3.63, 3.8) is 0 Å². The summed E-state index contributed by atoms with van der Waals surface area (Å²) < 4.78 is 11.9. The van der Waals surface area contributed by atoms with Gasteiger partial charge >= 0.3 is 0 Å². The lowest BCUT2D eigenvalue weighted by Gasteiger charge is -2.11. The second-order valence-corrected chi connectivity index (χ2v) is 7.07. The lowest BCUT2D eigenvalue weighted by Crippen LogP contribution is -2.28. The molecule has 158 valence electrons. The van der Waals surface area contributed by atoms with Crippen molar-refractivity contribution in [3.8, 4) is 11.6 Å². The molecule has 0 fully saturated rings. The fourth-order valence-corrected chi connectivity index (χ4v) is 3.36. The number of para-hydroxylation sites is 2. The normalized spacial score (nSPS) is 11.0. The highest BCUT2D eigenvalue weighted by Gasteiger charge is 2.15. The van der Waals surface area contributed by atoms with Crippen LogP contribution in [0, 0.1) is 0 Å². The van der Waals surface area contributed by atoms with Gasteiger partial charge in [-0.15, -0.1) is 0 Å². The van der Waals surface area contributed by atoms with Crippen LogP contribution < -0.4 is 10.9 Å². The highest BCUT2D eigenvalue weighted by Crippen LogP contribution is 2.21. The van der Waals surface area contributed by atoms with Gasteiger partial charge in [0.1, 0.15) is 6.54 Å². The second kappa shape index (κ2) is 8.31. The first-order valence-electron chi connectivity index (χ1n) is 9.86. The Morgan fingerprint density at radius 3 is 2.75 bits per heavy atom. The SMILES string of the molecule is O=C(Cn1cnc2ccccc2c1=O)Nc1ccccc1Cc1nc(-c2ccco2)no1. The molecule has 0 radical (unpaired) electrons. The number of carbonyl (C=O) groups is 1. The van der Waals surface area contributed by atoms with E-state index in [-0.39, 0.29) is 18.0 Å². The lowest BCUT2D eigenvalue weighted by atomic mass is 10.1. The predicted octanol–water partition coefficient (Wildman–Crippen LogP) is 3.27. The zero-order valence-corrected chi connectivity index (χ0v) is 16.8. The summed E-state index contributed by atoms with van der Waals surface area (Å²) >= 11 is 0. The summed E-state index contributed by atoms with van der Waals surface area (Å²) in [5, 5.41) is 7.24. The molecule has 5 rings (SSSR count). The van der Waals surface area contributed by atoms with Gasteiger partial charge in [-0.25, -0.2) is 4.98 Å². The maximum Gasteiger partial charge on any atom is 0.261 e. The van der Waals surface area contributed by atoms with Gasteiger partial charge in [0.15, 0.2) is 5.76 Å². The Hall–Kier alpha value is -4.53. The van der Waals surface area contributed by atoms with Gasteiger partial charge in [-0.1, -0.05) is 35.5 Å². The number of benzene rings is 2. The Labute approximate surface area is 181 Å². The minimum absolute atomic E-state index is 0.159. The monoisotopic (exact) mass is 427 g/mol. The molecule has 0 atom stereocenters. The molecule has 0 bridgehead atoms. The van der Waals surface area contributed by atoms with Gasteiger partial charge in [-0.3, -0.25) is 14.2 Å². The molecule has 0 saturated carbocycles. The van der Waals surface area contributed by atoms with E-state index in [1.165, 1.54) is 17.2 Å². The number of anilines is 1. The van der Waals surface area contributed by atoms with Crippen molar-refractivity contribution in [1.29, 1.82) is 0 Å². The Bertz CT molecular complexity index is 1450. The summed E-state index contributed by atoms with van der Waals surface area (Å²) in [7, 11) is 0. The van der Waals surface area contributed by atoms with Crippen LogP contribution in [0.25, 0.3) is 22.5 Å². The fourth-order valence-electron chi connectivity index (χ4n) is 3.36. The van der Waals surface area contributed by atoms with E-state index in [2.05, 4.69) is 20.4 Å². The van der Waals surface area contributed by atoms with Crippen LogP contribution in [-0.2, 0) is 17.8 Å². The molecule has 0 aliphatic carbocycles. The number of rotatable bonds is 6. The number of nitrogens with one attached hydrogen (secondary N) is 1. The van der Waals surface area contributed by atoms with Crippen molar-refractivity contribution in [2.75, 3.05) is 5.32 Å². The third-order valence-electron chi connectivity index (χ3n) is 4.89. The molecule has 0 unspecified atom stereocenters. The number of carbonyl (C=O) groups excluding carboxylic acids is 1. The Morgan fingerprint density at radius 2 is 1.88 bits per heavy atom. The molecule has 9 nitrogen and oxygen atoms in total. The lowest BCUT2D eigenvalue weighted by molar-refractivity contribution is -0.116. The summed E-state index contributed by atoms with van der Waals surface area (Å²) in [5.41, 5.74) is 1.71. The molecule has 0 saturated heterocycles. The van der Waals surface area contributed by atoms with Crippen molar-refractivity contribution in [1.82, 2.24) is 19.7 Å². The zero-order valence-electron chi connectivity index (χ0n) is 16.8. The van der Waals surface area contributed by atoms with Crippen LogP contribution in [0.3, 0.4) is 0 Å². The van der Waals surface area contributed by atoms with Gasteiger partial charge in [-0.2, -0.15) is 4.98 Å². The van der Waals surface area contributed by atoms with Crippen LogP contribution in [0.5, 0.6) is 0 Å². The van der Waals surface area contributed by atoms with Gasteiger partial charge in [0.05, 0.1) is 29.9 Å². The molecular weight excluding hydrogens is 410 g/mol. The smallest absolute Gasteiger partial charge is 0.261 e. The number of aromatic nitrogens is 4. The third-order valence-corrected chi connectivity index (χ3v) is 4.89. The summed E-state index contributed by atoms with van der Waals surface area (Å²) in [6, 6.07) is 17.8. The molecule has 9 heteroatoms. The van der Waals surface area contributed by atoms with Crippen LogP contribution in [-0.4, -0.2) is 25.6 Å². The highest BCUT2D eigenvalue weighted by molar-refractivity contribution is 5.91. The van der Waals surface area contributed by atoms with Crippen LogP contribution in [0.4, 0.5) is 5.69 Å². The third kappa shape index (κ3) is 3.91. The summed E-state index contributed by atoms with van der Waals surface area (Å²) in [4.78, 5) is 33.9. The van der Waals surface area contributed by atoms with E-state index in [0.717, 1.165) is 5.56 Å². The molecule has 0 aliphatic heterocycles. The van der Waals surface area contributed by atoms with Gasteiger partial charge in [0.2, 0.25) is 17.6 Å². The van der Waals surface area contributed by atoms with Crippen molar-refractivity contribution in [2.24, 2.45) is 0 Å². The number of furan rings is 1. The molecule has 2 aromatic carbocycles. The average molecular weight is 427 g/mol. The van der Waals surface area contributed by atoms with Crippen LogP contribution in [0.15, 0.2) is 87.0 Å². The Kier molecular flexibility index (Phi) is 5.04. The molecule has 0 spiro atoms. The molecule has 1 N–H and O–H groups in total. The largest absolute Gasteiger partial charge is 0.461 e. The number of hydrogen-bond acceptors (Lipinski definition) is 7.